The first kappa shape index (κ1) is 28.6. The van der Waals surface area contributed by atoms with Gasteiger partial charge in [-0.05, 0) is 49.7 Å². The fourth-order valence-corrected chi connectivity index (χ4v) is 4.44. The molecule has 0 unspecified atom stereocenters. The van der Waals surface area contributed by atoms with Crippen molar-refractivity contribution in [1.82, 2.24) is 25.0 Å². The fourth-order valence-electron chi connectivity index (χ4n) is 4.44. The van der Waals surface area contributed by atoms with Gasteiger partial charge < -0.3 is 20.9 Å². The Balaban J connectivity index is 1.67. The third-order valence-electron chi connectivity index (χ3n) is 6.47. The third kappa shape index (κ3) is 6.41. The van der Waals surface area contributed by atoms with Crippen LogP contribution in [0, 0.1) is 11.3 Å². The summed E-state index contributed by atoms with van der Waals surface area (Å²) in [4.78, 5) is 6.13. The number of nitrogens with zero attached hydrogens (tertiary/aromatic N) is 4. The first-order valence-electron chi connectivity index (χ1n) is 12.6. The van der Waals surface area contributed by atoms with E-state index in [1.165, 1.54) is 12.1 Å². The van der Waals surface area contributed by atoms with Crippen LogP contribution in [0.2, 0.25) is 0 Å². The fraction of sp³-hybridized carbons (Fsp3) is 0.276. The maximum Gasteiger partial charge on any atom is 0.416 e. The molecule has 0 atom stereocenters. The second kappa shape index (κ2) is 11.4. The molecule has 0 saturated carbocycles. The molecule has 1 saturated heterocycles. The smallest absolute Gasteiger partial charge is 0.385 e. The topological polar surface area (TPSA) is 81.9 Å². The quantitative estimate of drug-likeness (QED) is 0.143. The van der Waals surface area contributed by atoms with Crippen LogP contribution in [0.15, 0.2) is 85.9 Å². The number of aromatic nitrogens is 3. The molecule has 3 heterocycles. The normalized spacial score (nSPS) is 13.6. The van der Waals surface area contributed by atoms with Crippen LogP contribution in [0.1, 0.15) is 25.0 Å². The number of alkyl halides is 3. The van der Waals surface area contributed by atoms with Gasteiger partial charge in [-0.1, -0.05) is 19.7 Å². The summed E-state index contributed by atoms with van der Waals surface area (Å²) < 4.78 is 54.5. The number of benzene rings is 1. The molecule has 7 nitrogen and oxygen atoms in total. The molecule has 0 spiro atoms. The number of nitrogens with one attached hydrogen (secondary N) is 3. The van der Waals surface area contributed by atoms with E-state index in [9.17, 15) is 17.6 Å². The highest BCUT2D eigenvalue weighted by molar-refractivity contribution is 6.10. The van der Waals surface area contributed by atoms with E-state index >= 15 is 0 Å². The standard InChI is InChI=1S/C29H31F4N7/c1-17(2)37-18(3)13-40-16-21(12-36-40)25-10-11-35-28(38-24-8-6-23(7-9-24)29(31,32)33)26(25)27(34)22-14-39(15-22)20(5)19(4)30/h6-12,16-17,22,34,37H,3-5,13-15H2,1-2H3,(H,35,38). The summed E-state index contributed by atoms with van der Waals surface area (Å²) in [6.07, 6.45) is 0.629. The lowest BCUT2D eigenvalue weighted by Gasteiger charge is -2.42. The second-order valence-corrected chi connectivity index (χ2v) is 9.98. The van der Waals surface area contributed by atoms with Crippen LogP contribution in [0.25, 0.3) is 11.1 Å². The zero-order chi connectivity index (χ0) is 29.2. The summed E-state index contributed by atoms with van der Waals surface area (Å²) >= 11 is 0. The zero-order valence-electron chi connectivity index (χ0n) is 22.3. The van der Waals surface area contributed by atoms with Crippen molar-refractivity contribution in [3.05, 3.63) is 97.0 Å². The van der Waals surface area contributed by atoms with Gasteiger partial charge in [0.2, 0.25) is 0 Å². The molecule has 0 aliphatic carbocycles. The molecule has 11 heteroatoms. The molecule has 40 heavy (non-hydrogen) atoms. The maximum atomic E-state index is 13.6. The molecule has 0 amide bonds. The molecular formula is C29H31F4N7. The van der Waals surface area contributed by atoms with Crippen molar-refractivity contribution in [2.24, 2.45) is 5.92 Å². The van der Waals surface area contributed by atoms with Crippen LogP contribution in [0.3, 0.4) is 0 Å². The highest BCUT2D eigenvalue weighted by Gasteiger charge is 2.35. The first-order chi connectivity index (χ1) is 18.8. The second-order valence-electron chi connectivity index (χ2n) is 9.98. The molecule has 0 radical (unpaired) electrons. The summed E-state index contributed by atoms with van der Waals surface area (Å²) in [5.41, 5.74) is 2.73. The molecular weight excluding hydrogens is 522 g/mol. The van der Waals surface area contributed by atoms with Crippen molar-refractivity contribution in [3.8, 4) is 11.1 Å². The van der Waals surface area contributed by atoms with E-state index in [1.807, 2.05) is 20.0 Å². The Morgan fingerprint density at radius 3 is 2.40 bits per heavy atom. The Kier molecular flexibility index (Phi) is 8.13. The van der Waals surface area contributed by atoms with E-state index in [-0.39, 0.29) is 23.4 Å². The number of rotatable bonds is 11. The zero-order valence-corrected chi connectivity index (χ0v) is 22.3. The van der Waals surface area contributed by atoms with Crippen molar-refractivity contribution in [3.63, 3.8) is 0 Å². The Morgan fingerprint density at radius 2 is 1.80 bits per heavy atom. The van der Waals surface area contributed by atoms with Gasteiger partial charge in [-0.2, -0.15) is 18.3 Å². The molecule has 1 fully saturated rings. The average Bonchev–Trinajstić information content (AvgIpc) is 3.30. The first-order valence-corrected chi connectivity index (χ1v) is 12.6. The van der Waals surface area contributed by atoms with Crippen LogP contribution in [-0.2, 0) is 12.7 Å². The Morgan fingerprint density at radius 1 is 1.12 bits per heavy atom. The molecule has 0 bridgehead atoms. The highest BCUT2D eigenvalue weighted by Crippen LogP contribution is 2.36. The predicted octanol–water partition coefficient (Wildman–Crippen LogP) is 6.52. The Bertz CT molecular complexity index is 1430. The van der Waals surface area contributed by atoms with E-state index in [0.29, 0.717) is 42.3 Å². The van der Waals surface area contributed by atoms with E-state index in [0.717, 1.165) is 23.4 Å². The van der Waals surface area contributed by atoms with Gasteiger partial charge in [0.1, 0.15) is 11.6 Å². The lowest BCUT2D eigenvalue weighted by Crippen LogP contribution is -2.49. The van der Waals surface area contributed by atoms with Crippen LogP contribution in [-0.4, -0.2) is 44.5 Å². The molecule has 1 aromatic carbocycles. The van der Waals surface area contributed by atoms with Gasteiger partial charge >= 0.3 is 6.18 Å². The number of anilines is 2. The van der Waals surface area contributed by atoms with Crippen molar-refractivity contribution < 1.29 is 17.6 Å². The lowest BCUT2D eigenvalue weighted by molar-refractivity contribution is -0.137. The minimum absolute atomic E-state index is 0.176. The Hall–Kier alpha value is -4.41. The molecule has 210 valence electrons. The molecule has 1 aliphatic rings. The number of halogens is 4. The summed E-state index contributed by atoms with van der Waals surface area (Å²) in [6.45, 7) is 16.2. The number of pyridine rings is 1. The predicted molar refractivity (Wildman–Crippen MR) is 149 cm³/mol. The van der Waals surface area contributed by atoms with Crippen molar-refractivity contribution in [1.29, 1.82) is 5.41 Å². The van der Waals surface area contributed by atoms with Crippen molar-refractivity contribution in [2.45, 2.75) is 32.6 Å². The minimum Gasteiger partial charge on any atom is -0.385 e. The highest BCUT2D eigenvalue weighted by atomic mass is 19.4. The monoisotopic (exact) mass is 553 g/mol. The van der Waals surface area contributed by atoms with E-state index in [1.54, 1.807) is 28.0 Å². The van der Waals surface area contributed by atoms with Gasteiger partial charge in [-0.25, -0.2) is 9.37 Å². The average molecular weight is 554 g/mol. The molecule has 3 N–H and O–H groups in total. The van der Waals surface area contributed by atoms with Gasteiger partial charge in [-0.3, -0.25) is 4.68 Å². The molecule has 4 rings (SSSR count). The Labute approximate surface area is 230 Å². The van der Waals surface area contributed by atoms with Crippen molar-refractivity contribution >= 4 is 17.2 Å². The summed E-state index contributed by atoms with van der Waals surface area (Å²) in [5.74, 6) is -0.567. The molecule has 2 aromatic heterocycles. The number of allylic oxidation sites excluding steroid dienone is 2. The van der Waals surface area contributed by atoms with E-state index in [4.69, 9.17) is 5.41 Å². The molecule has 3 aromatic rings. The molecule has 1 aliphatic heterocycles. The van der Waals surface area contributed by atoms with E-state index < -0.39 is 17.6 Å². The van der Waals surface area contributed by atoms with Crippen LogP contribution < -0.4 is 10.6 Å². The van der Waals surface area contributed by atoms with Gasteiger partial charge in [0.25, 0.3) is 0 Å². The number of hydrogen-bond donors (Lipinski definition) is 3. The third-order valence-corrected chi connectivity index (χ3v) is 6.47. The van der Waals surface area contributed by atoms with E-state index in [2.05, 4.69) is 40.5 Å². The summed E-state index contributed by atoms with van der Waals surface area (Å²) in [7, 11) is 0. The van der Waals surface area contributed by atoms with Gasteiger partial charge in [0, 0.05) is 65.7 Å². The summed E-state index contributed by atoms with van der Waals surface area (Å²) in [6, 6.07) is 6.59. The SMILES string of the molecule is C=C(Cn1cc(-c2ccnc(Nc3ccc(C(F)(F)F)cc3)c2C(=N)C2CN(C(=C)C(=C)F)C2)cn1)NC(C)C. The van der Waals surface area contributed by atoms with Gasteiger partial charge in [-0.15, -0.1) is 0 Å². The minimum atomic E-state index is -4.45. The van der Waals surface area contributed by atoms with Crippen LogP contribution >= 0.6 is 0 Å². The van der Waals surface area contributed by atoms with Crippen molar-refractivity contribution in [2.75, 3.05) is 18.4 Å². The van der Waals surface area contributed by atoms with Gasteiger partial charge in [0.15, 0.2) is 0 Å². The number of hydrogen-bond acceptors (Lipinski definition) is 6. The maximum absolute atomic E-state index is 13.6. The summed E-state index contributed by atoms with van der Waals surface area (Å²) in [5, 5.41) is 19.9. The lowest BCUT2D eigenvalue weighted by atomic mass is 9.86. The van der Waals surface area contributed by atoms with Crippen LogP contribution in [0.5, 0.6) is 0 Å². The van der Waals surface area contributed by atoms with Crippen LogP contribution in [0.4, 0.5) is 29.1 Å². The number of likely N-dealkylation sites (tertiary alicyclic amines) is 1. The largest absolute Gasteiger partial charge is 0.416 e. The van der Waals surface area contributed by atoms with Gasteiger partial charge in [0.05, 0.1) is 24.0 Å².